The van der Waals surface area contributed by atoms with Crippen molar-refractivity contribution in [3.05, 3.63) is 71.4 Å². The summed E-state index contributed by atoms with van der Waals surface area (Å²) in [4.78, 5) is 17.1. The fourth-order valence-electron chi connectivity index (χ4n) is 3.44. The SMILES string of the molecule is COc1ccc(-c2cc(C3CC3)nc(SCC(=O)Nc3cccc(C(F)(F)F)c3)c2C#N)cc1. The Morgan fingerprint density at radius 1 is 1.21 bits per heavy atom. The molecule has 0 unspecified atom stereocenters. The van der Waals surface area contributed by atoms with Crippen molar-refractivity contribution in [2.45, 2.75) is 30.0 Å². The fraction of sp³-hybridized carbons (Fsp3) is 0.240. The summed E-state index contributed by atoms with van der Waals surface area (Å²) in [5.74, 6) is 0.425. The number of rotatable bonds is 7. The minimum absolute atomic E-state index is 0.0551. The topological polar surface area (TPSA) is 75.0 Å². The predicted octanol–water partition coefficient (Wildman–Crippen LogP) is 6.26. The quantitative estimate of drug-likeness (QED) is 0.402. The van der Waals surface area contributed by atoms with E-state index < -0.39 is 17.6 Å². The number of halogens is 3. The number of thioether (sulfide) groups is 1. The predicted molar refractivity (Wildman–Crippen MR) is 124 cm³/mol. The molecule has 1 heterocycles. The van der Waals surface area contributed by atoms with E-state index in [9.17, 15) is 23.2 Å². The molecule has 5 nitrogen and oxygen atoms in total. The number of nitriles is 1. The Hall–Kier alpha value is -3.51. The van der Waals surface area contributed by atoms with E-state index in [4.69, 9.17) is 4.74 Å². The van der Waals surface area contributed by atoms with Crippen molar-refractivity contribution < 1.29 is 22.7 Å². The summed E-state index contributed by atoms with van der Waals surface area (Å²) in [6, 6.07) is 15.9. The molecule has 1 amide bonds. The van der Waals surface area contributed by atoms with Gasteiger partial charge >= 0.3 is 6.18 Å². The summed E-state index contributed by atoms with van der Waals surface area (Å²) < 4.78 is 44.0. The minimum Gasteiger partial charge on any atom is -0.497 e. The van der Waals surface area contributed by atoms with Crippen LogP contribution in [0.3, 0.4) is 0 Å². The molecule has 0 atom stereocenters. The van der Waals surface area contributed by atoms with E-state index in [0.717, 1.165) is 53.6 Å². The Bertz CT molecular complexity index is 1250. The minimum atomic E-state index is -4.50. The highest BCUT2D eigenvalue weighted by molar-refractivity contribution is 8.00. The van der Waals surface area contributed by atoms with Crippen LogP contribution in [-0.4, -0.2) is 23.8 Å². The molecule has 1 aliphatic rings. The Balaban J connectivity index is 1.56. The first-order valence-electron chi connectivity index (χ1n) is 10.5. The van der Waals surface area contributed by atoms with Crippen molar-refractivity contribution >= 4 is 23.4 Å². The lowest BCUT2D eigenvalue weighted by molar-refractivity contribution is -0.137. The number of carbonyl (C=O) groups is 1. The van der Waals surface area contributed by atoms with Crippen molar-refractivity contribution in [3.63, 3.8) is 0 Å². The average molecular weight is 484 g/mol. The van der Waals surface area contributed by atoms with Gasteiger partial charge in [0.15, 0.2) is 0 Å². The summed E-state index contributed by atoms with van der Waals surface area (Å²) in [5, 5.41) is 12.8. The first kappa shape index (κ1) is 23.6. The number of hydrogen-bond acceptors (Lipinski definition) is 5. The van der Waals surface area contributed by atoms with Crippen molar-refractivity contribution in [1.82, 2.24) is 4.98 Å². The molecule has 0 radical (unpaired) electrons. The van der Waals surface area contributed by atoms with Crippen LogP contribution >= 0.6 is 11.8 Å². The number of anilines is 1. The normalized spacial score (nSPS) is 13.3. The van der Waals surface area contributed by atoms with Gasteiger partial charge in [-0.1, -0.05) is 30.0 Å². The number of ether oxygens (including phenoxy) is 1. The van der Waals surface area contributed by atoms with Crippen molar-refractivity contribution in [2.75, 3.05) is 18.2 Å². The van der Waals surface area contributed by atoms with Gasteiger partial charge in [0.2, 0.25) is 5.91 Å². The number of aromatic nitrogens is 1. The molecule has 0 aliphatic heterocycles. The molecule has 0 saturated heterocycles. The molecule has 1 aromatic heterocycles. The molecule has 3 aromatic rings. The third kappa shape index (κ3) is 5.51. The maximum atomic E-state index is 12.9. The van der Waals surface area contributed by atoms with Crippen LogP contribution in [0.25, 0.3) is 11.1 Å². The summed E-state index contributed by atoms with van der Waals surface area (Å²) in [7, 11) is 1.58. The van der Waals surface area contributed by atoms with Gasteiger partial charge in [-0.05, 0) is 54.8 Å². The van der Waals surface area contributed by atoms with E-state index in [1.54, 1.807) is 7.11 Å². The number of benzene rings is 2. The number of pyridine rings is 1. The van der Waals surface area contributed by atoms with E-state index in [-0.39, 0.29) is 11.4 Å². The zero-order valence-corrected chi connectivity index (χ0v) is 19.0. The standard InChI is InChI=1S/C25H20F3N3O2S/c1-33-19-9-7-15(8-10-19)20-12-22(16-5-6-16)31-24(21(20)13-29)34-14-23(32)30-18-4-2-3-17(11-18)25(26,27)28/h2-4,7-12,16H,5-6,14H2,1H3,(H,30,32). The molecule has 1 fully saturated rings. The Morgan fingerprint density at radius 2 is 1.94 bits per heavy atom. The van der Waals surface area contributed by atoms with Crippen LogP contribution in [0.2, 0.25) is 0 Å². The molecular weight excluding hydrogens is 463 g/mol. The average Bonchev–Trinajstić information content (AvgIpc) is 3.67. The van der Waals surface area contributed by atoms with E-state index in [0.29, 0.717) is 22.3 Å². The highest BCUT2D eigenvalue weighted by atomic mass is 32.2. The van der Waals surface area contributed by atoms with Crippen LogP contribution in [-0.2, 0) is 11.0 Å². The fourth-order valence-corrected chi connectivity index (χ4v) is 4.25. The third-order valence-corrected chi connectivity index (χ3v) is 6.30. The summed E-state index contributed by atoms with van der Waals surface area (Å²) >= 11 is 1.09. The lowest BCUT2D eigenvalue weighted by Gasteiger charge is -2.13. The van der Waals surface area contributed by atoms with Crippen molar-refractivity contribution in [3.8, 4) is 22.9 Å². The van der Waals surface area contributed by atoms with Crippen LogP contribution in [0.1, 0.15) is 35.6 Å². The van der Waals surface area contributed by atoms with Crippen LogP contribution in [0, 0.1) is 11.3 Å². The Labute approximate surface area is 199 Å². The molecule has 2 aromatic carbocycles. The van der Waals surface area contributed by atoms with Gasteiger partial charge in [-0.25, -0.2) is 4.98 Å². The monoisotopic (exact) mass is 483 g/mol. The zero-order valence-electron chi connectivity index (χ0n) is 18.1. The van der Waals surface area contributed by atoms with Gasteiger partial charge in [-0.3, -0.25) is 4.79 Å². The van der Waals surface area contributed by atoms with Gasteiger partial charge in [0, 0.05) is 22.9 Å². The Kier molecular flexibility index (Phi) is 6.80. The van der Waals surface area contributed by atoms with Crippen molar-refractivity contribution in [1.29, 1.82) is 5.26 Å². The smallest absolute Gasteiger partial charge is 0.416 e. The molecule has 174 valence electrons. The molecule has 1 saturated carbocycles. The van der Waals surface area contributed by atoms with Crippen molar-refractivity contribution in [2.24, 2.45) is 0 Å². The van der Waals surface area contributed by atoms with E-state index >= 15 is 0 Å². The van der Waals surface area contributed by atoms with Gasteiger partial charge in [-0.15, -0.1) is 0 Å². The molecule has 0 bridgehead atoms. The van der Waals surface area contributed by atoms with E-state index in [2.05, 4.69) is 16.4 Å². The summed E-state index contributed by atoms with van der Waals surface area (Å²) in [6.07, 6.45) is -2.47. The molecule has 1 N–H and O–H groups in total. The first-order valence-corrected chi connectivity index (χ1v) is 11.5. The number of amides is 1. The molecule has 34 heavy (non-hydrogen) atoms. The lowest BCUT2D eigenvalue weighted by Crippen LogP contribution is -2.15. The van der Waals surface area contributed by atoms with Gasteiger partial charge in [-0.2, -0.15) is 18.4 Å². The Morgan fingerprint density at radius 3 is 2.56 bits per heavy atom. The number of nitrogens with zero attached hydrogens (tertiary/aromatic N) is 2. The second-order valence-corrected chi connectivity index (χ2v) is 8.77. The van der Waals surface area contributed by atoms with E-state index in [1.807, 2.05) is 30.3 Å². The maximum absolute atomic E-state index is 12.9. The highest BCUT2D eigenvalue weighted by Gasteiger charge is 2.30. The largest absolute Gasteiger partial charge is 0.497 e. The highest BCUT2D eigenvalue weighted by Crippen LogP contribution is 2.42. The van der Waals surface area contributed by atoms with E-state index in [1.165, 1.54) is 12.1 Å². The van der Waals surface area contributed by atoms with Gasteiger partial charge < -0.3 is 10.1 Å². The van der Waals surface area contributed by atoms with Gasteiger partial charge in [0.1, 0.15) is 16.8 Å². The zero-order chi connectivity index (χ0) is 24.3. The second kappa shape index (κ2) is 9.77. The molecular formula is C25H20F3N3O2S. The summed E-state index contributed by atoms with van der Waals surface area (Å²) in [6.45, 7) is 0. The molecule has 0 spiro atoms. The number of carbonyl (C=O) groups excluding carboxylic acids is 1. The van der Waals surface area contributed by atoms with Crippen LogP contribution in [0.5, 0.6) is 5.75 Å². The number of hydrogen-bond donors (Lipinski definition) is 1. The van der Waals surface area contributed by atoms with Crippen LogP contribution in [0.4, 0.5) is 18.9 Å². The third-order valence-electron chi connectivity index (χ3n) is 5.33. The number of nitrogens with one attached hydrogen (secondary N) is 1. The van der Waals surface area contributed by atoms with Crippen LogP contribution < -0.4 is 10.1 Å². The van der Waals surface area contributed by atoms with Crippen LogP contribution in [0.15, 0.2) is 59.6 Å². The molecule has 9 heteroatoms. The lowest BCUT2D eigenvalue weighted by atomic mass is 10.00. The first-order chi connectivity index (χ1) is 16.3. The number of alkyl halides is 3. The summed E-state index contributed by atoms with van der Waals surface area (Å²) in [5.41, 5.74) is 1.99. The van der Waals surface area contributed by atoms with Gasteiger partial charge in [0.05, 0.1) is 24.0 Å². The van der Waals surface area contributed by atoms with Gasteiger partial charge in [0.25, 0.3) is 0 Å². The maximum Gasteiger partial charge on any atom is 0.416 e. The number of methoxy groups -OCH3 is 1. The second-order valence-electron chi connectivity index (χ2n) is 7.80. The molecule has 1 aliphatic carbocycles. The molecule has 4 rings (SSSR count).